The highest BCUT2D eigenvalue weighted by molar-refractivity contribution is 7.18. The van der Waals surface area contributed by atoms with Gasteiger partial charge in [-0.15, -0.1) is 11.3 Å². The number of nitrogens with zero attached hydrogens (tertiary/aromatic N) is 2. The number of rotatable bonds is 4. The Labute approximate surface area is 128 Å². The van der Waals surface area contributed by atoms with Gasteiger partial charge in [0.15, 0.2) is 5.13 Å². The standard InChI is InChI=1S/C13H11N3O3S2/c1-7-11(15-12(20-7)16-13(17)18)19-6-10-14-8-4-2-3-5-9(8)21-10/h2-5H,6H2,1H3,(H,15,16)(H,17,18). The molecule has 3 rings (SSSR count). The van der Waals surface area contributed by atoms with E-state index in [0.29, 0.717) is 17.6 Å². The van der Waals surface area contributed by atoms with Gasteiger partial charge in [0.1, 0.15) is 11.6 Å². The van der Waals surface area contributed by atoms with E-state index in [-0.39, 0.29) is 0 Å². The van der Waals surface area contributed by atoms with E-state index in [1.807, 2.05) is 31.2 Å². The molecule has 0 aliphatic rings. The van der Waals surface area contributed by atoms with Crippen molar-refractivity contribution in [2.45, 2.75) is 13.5 Å². The smallest absolute Gasteiger partial charge is 0.410 e. The van der Waals surface area contributed by atoms with Crippen molar-refractivity contribution >= 4 is 44.1 Å². The molecule has 0 spiro atoms. The van der Waals surface area contributed by atoms with E-state index in [4.69, 9.17) is 9.84 Å². The lowest BCUT2D eigenvalue weighted by molar-refractivity contribution is 0.209. The van der Waals surface area contributed by atoms with E-state index in [0.717, 1.165) is 20.1 Å². The Morgan fingerprint density at radius 3 is 2.90 bits per heavy atom. The van der Waals surface area contributed by atoms with Crippen LogP contribution in [0, 0.1) is 6.92 Å². The summed E-state index contributed by atoms with van der Waals surface area (Å²) < 4.78 is 6.74. The number of ether oxygens (including phenoxy) is 1. The van der Waals surface area contributed by atoms with Gasteiger partial charge in [-0.3, -0.25) is 5.32 Å². The molecular weight excluding hydrogens is 310 g/mol. The Balaban J connectivity index is 1.72. The number of hydrogen-bond donors (Lipinski definition) is 2. The number of carboxylic acid groups (broad SMARTS) is 1. The lowest BCUT2D eigenvalue weighted by atomic mass is 10.3. The first-order chi connectivity index (χ1) is 10.1. The summed E-state index contributed by atoms with van der Waals surface area (Å²) in [6, 6.07) is 7.89. The van der Waals surface area contributed by atoms with Gasteiger partial charge in [-0.2, -0.15) is 4.98 Å². The Hall–Kier alpha value is -2.19. The van der Waals surface area contributed by atoms with Gasteiger partial charge in [0, 0.05) is 0 Å². The highest BCUT2D eigenvalue weighted by atomic mass is 32.1. The van der Waals surface area contributed by atoms with Gasteiger partial charge in [0.25, 0.3) is 0 Å². The summed E-state index contributed by atoms with van der Waals surface area (Å²) >= 11 is 2.81. The van der Waals surface area contributed by atoms with Gasteiger partial charge in [-0.1, -0.05) is 23.5 Å². The third kappa shape index (κ3) is 3.11. The molecule has 8 heteroatoms. The summed E-state index contributed by atoms with van der Waals surface area (Å²) in [7, 11) is 0. The van der Waals surface area contributed by atoms with Crippen LogP contribution in [0.25, 0.3) is 10.2 Å². The molecule has 21 heavy (non-hydrogen) atoms. The number of anilines is 1. The SMILES string of the molecule is Cc1sc(NC(=O)O)nc1OCc1nc2ccccc2s1. The van der Waals surface area contributed by atoms with Gasteiger partial charge in [0.2, 0.25) is 5.88 Å². The van der Waals surface area contributed by atoms with Gasteiger partial charge in [-0.25, -0.2) is 9.78 Å². The van der Waals surface area contributed by atoms with E-state index < -0.39 is 6.09 Å². The Morgan fingerprint density at radius 2 is 2.14 bits per heavy atom. The van der Waals surface area contributed by atoms with E-state index in [1.165, 1.54) is 11.3 Å². The molecule has 0 fully saturated rings. The van der Waals surface area contributed by atoms with E-state index in [9.17, 15) is 4.79 Å². The molecule has 0 unspecified atom stereocenters. The molecule has 0 saturated carbocycles. The number of thiazole rings is 2. The minimum Gasteiger partial charge on any atom is -0.469 e. The number of benzene rings is 1. The topological polar surface area (TPSA) is 84.3 Å². The lowest BCUT2D eigenvalue weighted by Gasteiger charge is -2.00. The van der Waals surface area contributed by atoms with Crippen molar-refractivity contribution in [3.8, 4) is 5.88 Å². The number of fused-ring (bicyclic) bond motifs is 1. The van der Waals surface area contributed by atoms with Crippen LogP contribution in [0.3, 0.4) is 0 Å². The van der Waals surface area contributed by atoms with Crippen LogP contribution < -0.4 is 10.1 Å². The molecule has 0 aliphatic carbocycles. The second-order valence-corrected chi connectivity index (χ2v) is 6.49. The number of carbonyl (C=O) groups is 1. The first-order valence-electron chi connectivity index (χ1n) is 6.06. The molecule has 1 aromatic carbocycles. The number of para-hydroxylation sites is 1. The van der Waals surface area contributed by atoms with Crippen LogP contribution in [0.5, 0.6) is 5.88 Å². The zero-order valence-corrected chi connectivity index (χ0v) is 12.6. The summed E-state index contributed by atoms with van der Waals surface area (Å²) in [6.07, 6.45) is -1.14. The molecule has 2 N–H and O–H groups in total. The van der Waals surface area contributed by atoms with Crippen molar-refractivity contribution in [3.63, 3.8) is 0 Å². The number of amides is 1. The summed E-state index contributed by atoms with van der Waals surface area (Å²) in [5.74, 6) is 0.433. The van der Waals surface area contributed by atoms with Crippen LogP contribution >= 0.6 is 22.7 Å². The predicted molar refractivity (Wildman–Crippen MR) is 82.5 cm³/mol. The van der Waals surface area contributed by atoms with Crippen LogP contribution in [0.1, 0.15) is 9.88 Å². The van der Waals surface area contributed by atoms with Crippen LogP contribution in [0.2, 0.25) is 0 Å². The molecule has 0 atom stereocenters. The maximum absolute atomic E-state index is 10.6. The molecule has 108 valence electrons. The Morgan fingerprint density at radius 1 is 1.33 bits per heavy atom. The first kappa shape index (κ1) is 13.8. The van der Waals surface area contributed by atoms with Crippen molar-refractivity contribution in [1.82, 2.24) is 9.97 Å². The minimum absolute atomic E-state index is 0.305. The van der Waals surface area contributed by atoms with Crippen LogP contribution in [0.15, 0.2) is 24.3 Å². The Bertz CT molecular complexity index is 764. The zero-order chi connectivity index (χ0) is 14.8. The fourth-order valence-corrected chi connectivity index (χ4v) is 3.40. The van der Waals surface area contributed by atoms with E-state index in [1.54, 1.807) is 11.3 Å². The van der Waals surface area contributed by atoms with Gasteiger partial charge >= 0.3 is 6.09 Å². The molecular formula is C13H11N3O3S2. The third-order valence-corrected chi connectivity index (χ3v) is 4.52. The number of hydrogen-bond acceptors (Lipinski definition) is 6. The molecule has 0 saturated heterocycles. The molecule has 0 aliphatic heterocycles. The van der Waals surface area contributed by atoms with Gasteiger partial charge in [0.05, 0.1) is 15.1 Å². The fourth-order valence-electron chi connectivity index (χ4n) is 1.77. The quantitative estimate of drug-likeness (QED) is 0.765. The number of aryl methyl sites for hydroxylation is 1. The zero-order valence-electron chi connectivity index (χ0n) is 11.0. The van der Waals surface area contributed by atoms with Crippen molar-refractivity contribution in [2.75, 3.05) is 5.32 Å². The summed E-state index contributed by atoms with van der Waals surface area (Å²) in [4.78, 5) is 20.0. The summed E-state index contributed by atoms with van der Waals surface area (Å²) in [5.41, 5.74) is 0.948. The van der Waals surface area contributed by atoms with Crippen molar-refractivity contribution in [1.29, 1.82) is 0 Å². The Kier molecular flexibility index (Phi) is 3.72. The second kappa shape index (κ2) is 5.66. The normalized spacial score (nSPS) is 10.7. The summed E-state index contributed by atoms with van der Waals surface area (Å²) in [5, 5.41) is 12.0. The molecule has 0 bridgehead atoms. The molecule has 3 aromatic rings. The fraction of sp³-hybridized carbons (Fsp3) is 0.154. The van der Waals surface area contributed by atoms with E-state index >= 15 is 0 Å². The molecule has 6 nitrogen and oxygen atoms in total. The lowest BCUT2D eigenvalue weighted by Crippen LogP contribution is -2.06. The molecule has 0 radical (unpaired) electrons. The highest BCUT2D eigenvalue weighted by Crippen LogP contribution is 2.29. The van der Waals surface area contributed by atoms with Gasteiger partial charge < -0.3 is 9.84 Å². The first-order valence-corrected chi connectivity index (χ1v) is 7.70. The third-order valence-electron chi connectivity index (χ3n) is 2.64. The minimum atomic E-state index is -1.14. The van der Waals surface area contributed by atoms with Gasteiger partial charge in [-0.05, 0) is 19.1 Å². The van der Waals surface area contributed by atoms with Crippen LogP contribution in [-0.4, -0.2) is 21.2 Å². The number of aromatic nitrogens is 2. The molecule has 2 aromatic heterocycles. The predicted octanol–water partition coefficient (Wildman–Crippen LogP) is 3.73. The van der Waals surface area contributed by atoms with Crippen LogP contribution in [0.4, 0.5) is 9.93 Å². The molecule has 1 amide bonds. The average molecular weight is 321 g/mol. The largest absolute Gasteiger partial charge is 0.469 e. The van der Waals surface area contributed by atoms with Crippen molar-refractivity contribution in [3.05, 3.63) is 34.2 Å². The highest BCUT2D eigenvalue weighted by Gasteiger charge is 2.12. The number of nitrogens with one attached hydrogen (secondary N) is 1. The van der Waals surface area contributed by atoms with Crippen molar-refractivity contribution in [2.24, 2.45) is 0 Å². The monoisotopic (exact) mass is 321 g/mol. The van der Waals surface area contributed by atoms with E-state index in [2.05, 4.69) is 15.3 Å². The average Bonchev–Trinajstić information content (AvgIpc) is 2.98. The molecule has 2 heterocycles. The second-order valence-electron chi connectivity index (χ2n) is 4.17. The maximum Gasteiger partial charge on any atom is 0.410 e. The van der Waals surface area contributed by atoms with Crippen molar-refractivity contribution < 1.29 is 14.6 Å². The maximum atomic E-state index is 10.6. The van der Waals surface area contributed by atoms with Crippen LogP contribution in [-0.2, 0) is 6.61 Å². The summed E-state index contributed by atoms with van der Waals surface area (Å²) in [6.45, 7) is 2.15.